The second-order valence-electron chi connectivity index (χ2n) is 4.65. The summed E-state index contributed by atoms with van der Waals surface area (Å²) in [5.74, 6) is -0.246. The maximum Gasteiger partial charge on any atom is 0.435 e. The highest BCUT2D eigenvalue weighted by Gasteiger charge is 2.40. The van der Waals surface area contributed by atoms with Crippen molar-refractivity contribution in [2.45, 2.75) is 13.1 Å². The molecule has 3 aromatic rings. The minimum absolute atomic E-state index is 0.0293. The summed E-state index contributed by atoms with van der Waals surface area (Å²) in [4.78, 5) is 7.94. The minimum Gasteiger partial charge on any atom is -0.475 e. The van der Waals surface area contributed by atoms with Crippen LogP contribution < -0.4 is 10.5 Å². The fourth-order valence-corrected chi connectivity index (χ4v) is 2.18. The number of hydrogen-bond donors (Lipinski definition) is 1. The molecule has 0 radical (unpaired) electrons. The third-order valence-corrected chi connectivity index (χ3v) is 3.13. The van der Waals surface area contributed by atoms with Crippen molar-refractivity contribution in [3.63, 3.8) is 0 Å². The number of nitrogens with two attached hydrogens (primary N) is 1. The summed E-state index contributed by atoms with van der Waals surface area (Å²) in [6, 6.07) is 1.37. The molecule has 0 amide bonds. The quantitative estimate of drug-likeness (QED) is 0.786. The van der Waals surface area contributed by atoms with Crippen LogP contribution in [0, 0.1) is 0 Å². The Balaban J connectivity index is 2.25. The summed E-state index contributed by atoms with van der Waals surface area (Å²) in [6.45, 7) is 1.97. The van der Waals surface area contributed by atoms with E-state index in [4.69, 9.17) is 14.9 Å². The first-order valence-corrected chi connectivity index (χ1v) is 6.86. The maximum absolute atomic E-state index is 13.4. The van der Waals surface area contributed by atoms with Gasteiger partial charge in [-0.3, -0.25) is 0 Å². The molecule has 7 nitrogen and oxygen atoms in total. The Kier molecular flexibility index (Phi) is 3.87. The number of halogens is 3. The molecule has 0 fully saturated rings. The van der Waals surface area contributed by atoms with E-state index < -0.39 is 11.9 Å². The molecule has 0 aromatic carbocycles. The van der Waals surface area contributed by atoms with E-state index in [9.17, 15) is 13.2 Å². The number of aromatic nitrogens is 4. The van der Waals surface area contributed by atoms with Crippen LogP contribution in [0.1, 0.15) is 12.6 Å². The van der Waals surface area contributed by atoms with Crippen LogP contribution in [0.4, 0.5) is 19.0 Å². The van der Waals surface area contributed by atoms with Gasteiger partial charge in [0.25, 0.3) is 5.88 Å². The molecule has 0 unspecified atom stereocenters. The second-order valence-corrected chi connectivity index (χ2v) is 4.65. The molecule has 3 rings (SSSR count). The Morgan fingerprint density at radius 1 is 1.29 bits per heavy atom. The summed E-state index contributed by atoms with van der Waals surface area (Å²) >= 11 is 0. The highest BCUT2D eigenvalue weighted by atomic mass is 19.4. The molecule has 0 aliphatic heterocycles. The van der Waals surface area contributed by atoms with E-state index in [2.05, 4.69) is 15.1 Å². The largest absolute Gasteiger partial charge is 0.475 e. The number of alkyl halides is 3. The summed E-state index contributed by atoms with van der Waals surface area (Å²) in [5, 5.41) is 3.59. The standard InChI is InChI=1S/C14H12F3N5O2/c1-2-24-13-12(19-4-5-20-13)22-11(18)9(8-3-6-23-7-8)10(21-22)14(15,16)17/h3-7H,2,18H2,1H3. The van der Waals surface area contributed by atoms with Crippen molar-refractivity contribution in [3.8, 4) is 22.8 Å². The molecular weight excluding hydrogens is 327 g/mol. The van der Waals surface area contributed by atoms with Crippen molar-refractivity contribution in [3.05, 3.63) is 36.7 Å². The lowest BCUT2D eigenvalue weighted by Crippen LogP contribution is -2.10. The highest BCUT2D eigenvalue weighted by molar-refractivity contribution is 5.77. The lowest BCUT2D eigenvalue weighted by atomic mass is 10.1. The molecule has 3 aromatic heterocycles. The zero-order valence-corrected chi connectivity index (χ0v) is 12.4. The van der Waals surface area contributed by atoms with Crippen LogP contribution in [0.15, 0.2) is 35.4 Å². The third kappa shape index (κ3) is 2.66. The number of rotatable bonds is 4. The van der Waals surface area contributed by atoms with Crippen molar-refractivity contribution in [2.24, 2.45) is 0 Å². The summed E-state index contributed by atoms with van der Waals surface area (Å²) in [6.07, 6.45) is 0.368. The van der Waals surface area contributed by atoms with Gasteiger partial charge in [0.2, 0.25) is 5.82 Å². The summed E-state index contributed by atoms with van der Waals surface area (Å²) < 4.78 is 51.1. The van der Waals surface area contributed by atoms with Crippen LogP contribution in [-0.4, -0.2) is 26.4 Å². The summed E-state index contributed by atoms with van der Waals surface area (Å²) in [7, 11) is 0. The number of ether oxygens (including phenoxy) is 1. The smallest absolute Gasteiger partial charge is 0.435 e. The molecule has 0 spiro atoms. The minimum atomic E-state index is -4.71. The van der Waals surface area contributed by atoms with E-state index in [1.165, 1.54) is 24.7 Å². The van der Waals surface area contributed by atoms with E-state index in [1.807, 2.05) is 0 Å². The fraction of sp³-hybridized carbons (Fsp3) is 0.214. The van der Waals surface area contributed by atoms with Crippen molar-refractivity contribution >= 4 is 5.82 Å². The van der Waals surface area contributed by atoms with Gasteiger partial charge in [0.05, 0.1) is 24.7 Å². The molecule has 2 N–H and O–H groups in total. The molecule has 10 heteroatoms. The number of hydrogen-bond acceptors (Lipinski definition) is 6. The molecular formula is C14H12F3N5O2. The predicted octanol–water partition coefficient (Wildman–Crippen LogP) is 2.92. The molecule has 24 heavy (non-hydrogen) atoms. The maximum atomic E-state index is 13.4. The van der Waals surface area contributed by atoms with Crippen LogP contribution in [0.25, 0.3) is 16.9 Å². The van der Waals surface area contributed by atoms with Crippen molar-refractivity contribution < 1.29 is 22.3 Å². The number of anilines is 1. The fourth-order valence-electron chi connectivity index (χ4n) is 2.18. The van der Waals surface area contributed by atoms with Gasteiger partial charge in [-0.1, -0.05) is 0 Å². The van der Waals surface area contributed by atoms with E-state index >= 15 is 0 Å². The van der Waals surface area contributed by atoms with E-state index in [-0.39, 0.29) is 35.2 Å². The predicted molar refractivity (Wildman–Crippen MR) is 77.4 cm³/mol. The first-order chi connectivity index (χ1) is 11.4. The van der Waals surface area contributed by atoms with Crippen LogP contribution in [0.5, 0.6) is 5.88 Å². The SMILES string of the molecule is CCOc1nccnc1-n1nc(C(F)(F)F)c(-c2ccoc2)c1N. The number of nitrogen functional groups attached to an aromatic ring is 1. The van der Waals surface area contributed by atoms with E-state index in [0.29, 0.717) is 0 Å². The molecule has 0 saturated heterocycles. The van der Waals surface area contributed by atoms with Gasteiger partial charge >= 0.3 is 6.18 Å². The first kappa shape index (κ1) is 15.8. The van der Waals surface area contributed by atoms with Gasteiger partial charge < -0.3 is 14.9 Å². The van der Waals surface area contributed by atoms with Gasteiger partial charge in [-0.2, -0.15) is 23.0 Å². The Morgan fingerprint density at radius 3 is 2.67 bits per heavy atom. The number of nitrogens with zero attached hydrogens (tertiary/aromatic N) is 4. The van der Waals surface area contributed by atoms with Crippen molar-refractivity contribution in [2.75, 3.05) is 12.3 Å². The Bertz CT molecular complexity index is 843. The number of furan rings is 1. The average Bonchev–Trinajstić information content (AvgIpc) is 3.15. The van der Waals surface area contributed by atoms with Gasteiger partial charge in [0, 0.05) is 18.0 Å². The van der Waals surface area contributed by atoms with Gasteiger partial charge in [-0.05, 0) is 13.0 Å². The van der Waals surface area contributed by atoms with E-state index in [0.717, 1.165) is 10.9 Å². The lowest BCUT2D eigenvalue weighted by molar-refractivity contribution is -0.140. The Labute approximate surface area is 133 Å². The molecule has 0 saturated carbocycles. The van der Waals surface area contributed by atoms with Gasteiger partial charge in [-0.25, -0.2) is 9.97 Å². The summed E-state index contributed by atoms with van der Waals surface area (Å²) in [5.41, 5.74) is 4.65. The van der Waals surface area contributed by atoms with Crippen LogP contribution in [0.3, 0.4) is 0 Å². The van der Waals surface area contributed by atoms with Crippen LogP contribution in [-0.2, 0) is 6.18 Å². The zero-order chi connectivity index (χ0) is 17.3. The molecule has 3 heterocycles. The van der Waals surface area contributed by atoms with Gasteiger partial charge in [0.1, 0.15) is 5.82 Å². The Morgan fingerprint density at radius 2 is 2.04 bits per heavy atom. The Hall–Kier alpha value is -3.04. The van der Waals surface area contributed by atoms with Crippen molar-refractivity contribution in [1.29, 1.82) is 0 Å². The van der Waals surface area contributed by atoms with Crippen LogP contribution in [0.2, 0.25) is 0 Å². The van der Waals surface area contributed by atoms with Gasteiger partial charge in [0.15, 0.2) is 5.69 Å². The molecule has 0 aliphatic rings. The first-order valence-electron chi connectivity index (χ1n) is 6.86. The molecule has 0 aliphatic carbocycles. The van der Waals surface area contributed by atoms with Gasteiger partial charge in [-0.15, -0.1) is 0 Å². The monoisotopic (exact) mass is 339 g/mol. The zero-order valence-electron chi connectivity index (χ0n) is 12.4. The molecule has 0 bridgehead atoms. The molecule has 126 valence electrons. The van der Waals surface area contributed by atoms with E-state index in [1.54, 1.807) is 6.92 Å². The van der Waals surface area contributed by atoms with Crippen LogP contribution >= 0.6 is 0 Å². The van der Waals surface area contributed by atoms with Crippen molar-refractivity contribution in [1.82, 2.24) is 19.7 Å². The highest BCUT2D eigenvalue weighted by Crippen LogP contribution is 2.41. The average molecular weight is 339 g/mol. The topological polar surface area (TPSA) is 92.0 Å². The normalized spacial score (nSPS) is 11.7. The lowest BCUT2D eigenvalue weighted by Gasteiger charge is -2.08. The third-order valence-electron chi connectivity index (χ3n) is 3.13. The molecule has 0 atom stereocenters. The second kappa shape index (κ2) is 5.87.